The second-order valence-corrected chi connectivity index (χ2v) is 6.22. The number of aromatic nitrogens is 2. The van der Waals surface area contributed by atoms with Crippen molar-refractivity contribution in [3.8, 4) is 0 Å². The van der Waals surface area contributed by atoms with Gasteiger partial charge in [0.1, 0.15) is 9.50 Å². The number of halogens is 1. The van der Waals surface area contributed by atoms with Crippen molar-refractivity contribution in [3.05, 3.63) is 47.0 Å². The van der Waals surface area contributed by atoms with E-state index in [9.17, 15) is 8.42 Å². The molecule has 0 fully saturated rings. The third-order valence-corrected chi connectivity index (χ3v) is 5.21. The highest BCUT2D eigenvalue weighted by Crippen LogP contribution is 2.23. The molecule has 2 heterocycles. The smallest absolute Gasteiger partial charge is 0.270 e. The van der Waals surface area contributed by atoms with Crippen molar-refractivity contribution >= 4 is 26.0 Å². The predicted octanol–water partition coefficient (Wildman–Crippen LogP) is 1.60. The highest BCUT2D eigenvalue weighted by Gasteiger charge is 2.20. The van der Waals surface area contributed by atoms with Gasteiger partial charge in [0.2, 0.25) is 0 Å². The maximum absolute atomic E-state index is 12.3. The van der Waals surface area contributed by atoms with Crippen molar-refractivity contribution in [3.63, 3.8) is 0 Å². The number of hydrogen-bond donors (Lipinski definition) is 1. The molecule has 0 aliphatic rings. The molecule has 0 amide bonds. The van der Waals surface area contributed by atoms with E-state index in [4.69, 9.17) is 0 Å². The van der Waals surface area contributed by atoms with Crippen LogP contribution in [-0.2, 0) is 16.6 Å². The molecule has 5 nitrogen and oxygen atoms in total. The topological polar surface area (TPSA) is 64.0 Å². The lowest BCUT2D eigenvalue weighted by atomic mass is 10.3. The minimum atomic E-state index is -3.59. The van der Waals surface area contributed by atoms with Crippen LogP contribution in [0, 0.1) is 0 Å². The molecule has 2 aromatic rings. The average Bonchev–Trinajstić information content (AvgIpc) is 2.73. The van der Waals surface area contributed by atoms with E-state index in [2.05, 4.69) is 26.2 Å². The maximum atomic E-state index is 12.3. The van der Waals surface area contributed by atoms with Crippen LogP contribution in [0.1, 0.15) is 5.56 Å². The Morgan fingerprint density at radius 3 is 2.83 bits per heavy atom. The summed E-state index contributed by atoms with van der Waals surface area (Å²) in [5.74, 6) is 0. The summed E-state index contributed by atoms with van der Waals surface area (Å²) in [7, 11) is -1.78. The van der Waals surface area contributed by atoms with E-state index in [1.807, 2.05) is 0 Å². The first kappa shape index (κ1) is 13.3. The number of hydrogen-bond acceptors (Lipinski definition) is 4. The van der Waals surface area contributed by atoms with Gasteiger partial charge in [0.05, 0.1) is 0 Å². The van der Waals surface area contributed by atoms with E-state index in [0.29, 0.717) is 11.1 Å². The van der Waals surface area contributed by atoms with Crippen LogP contribution in [0.2, 0.25) is 0 Å². The Kier molecular flexibility index (Phi) is 3.84. The van der Waals surface area contributed by atoms with Crippen LogP contribution in [0.5, 0.6) is 0 Å². The molecule has 0 aliphatic heterocycles. The average molecular weight is 330 g/mol. The molecule has 0 radical (unpaired) electrons. The van der Waals surface area contributed by atoms with Gasteiger partial charge in [0.25, 0.3) is 10.0 Å². The second-order valence-electron chi connectivity index (χ2n) is 3.65. The van der Waals surface area contributed by atoms with Crippen molar-refractivity contribution < 1.29 is 8.42 Å². The monoisotopic (exact) mass is 329 g/mol. The SMILES string of the molecule is CNCc1ccn(S(=O)(=O)c2cccnc2)c1Br. The lowest BCUT2D eigenvalue weighted by Crippen LogP contribution is -2.13. The van der Waals surface area contributed by atoms with Gasteiger partial charge in [-0.2, -0.15) is 0 Å². The van der Waals surface area contributed by atoms with Gasteiger partial charge in [-0.15, -0.1) is 0 Å². The Hall–Kier alpha value is -1.18. The van der Waals surface area contributed by atoms with Crippen molar-refractivity contribution in [2.75, 3.05) is 7.05 Å². The lowest BCUT2D eigenvalue weighted by Gasteiger charge is -2.07. The summed E-state index contributed by atoms with van der Waals surface area (Å²) >= 11 is 3.31. The third-order valence-electron chi connectivity index (χ3n) is 2.43. The van der Waals surface area contributed by atoms with Gasteiger partial charge < -0.3 is 5.32 Å². The van der Waals surface area contributed by atoms with Crippen LogP contribution in [-0.4, -0.2) is 24.4 Å². The second kappa shape index (κ2) is 5.21. The Labute approximate surface area is 114 Å². The molecule has 7 heteroatoms. The summed E-state index contributed by atoms with van der Waals surface area (Å²) in [5, 5.41) is 2.98. The first-order valence-corrected chi connectivity index (χ1v) is 7.46. The van der Waals surface area contributed by atoms with Crippen molar-refractivity contribution in [2.45, 2.75) is 11.4 Å². The summed E-state index contributed by atoms with van der Waals surface area (Å²) in [5.41, 5.74) is 0.880. The molecule has 0 saturated heterocycles. The molecule has 0 atom stereocenters. The van der Waals surface area contributed by atoms with Crippen molar-refractivity contribution in [1.82, 2.24) is 14.3 Å². The van der Waals surface area contributed by atoms with Crippen molar-refractivity contribution in [2.24, 2.45) is 0 Å². The third kappa shape index (κ3) is 2.33. The fraction of sp³-hybridized carbons (Fsp3) is 0.182. The fourth-order valence-electron chi connectivity index (χ4n) is 1.55. The zero-order valence-electron chi connectivity index (χ0n) is 9.67. The summed E-state index contributed by atoms with van der Waals surface area (Å²) in [6, 6.07) is 4.87. The minimum Gasteiger partial charge on any atom is -0.316 e. The Balaban J connectivity index is 2.49. The molecule has 0 aromatic carbocycles. The summed E-state index contributed by atoms with van der Waals surface area (Å²) in [4.78, 5) is 3.99. The molecule has 0 unspecified atom stereocenters. The highest BCUT2D eigenvalue weighted by atomic mass is 79.9. The van der Waals surface area contributed by atoms with Gasteiger partial charge in [-0.05, 0) is 46.7 Å². The van der Waals surface area contributed by atoms with E-state index in [1.165, 1.54) is 28.6 Å². The molecule has 0 bridgehead atoms. The molecule has 0 spiro atoms. The quantitative estimate of drug-likeness (QED) is 0.925. The molecule has 96 valence electrons. The van der Waals surface area contributed by atoms with Crippen LogP contribution < -0.4 is 5.32 Å². The lowest BCUT2D eigenvalue weighted by molar-refractivity contribution is 0.586. The number of rotatable bonds is 4. The van der Waals surface area contributed by atoms with Crippen LogP contribution in [0.4, 0.5) is 0 Å². The minimum absolute atomic E-state index is 0.164. The first-order valence-electron chi connectivity index (χ1n) is 5.23. The Bertz CT molecular complexity index is 638. The largest absolute Gasteiger partial charge is 0.316 e. The molecule has 2 aromatic heterocycles. The maximum Gasteiger partial charge on any atom is 0.270 e. The summed E-state index contributed by atoms with van der Waals surface area (Å²) in [6.45, 7) is 0.593. The van der Waals surface area contributed by atoms with Crippen LogP contribution >= 0.6 is 15.9 Å². The fourth-order valence-corrected chi connectivity index (χ4v) is 3.74. The van der Waals surface area contributed by atoms with Gasteiger partial charge in [0, 0.05) is 25.1 Å². The van der Waals surface area contributed by atoms with Crippen LogP contribution in [0.15, 0.2) is 46.3 Å². The molecule has 0 aliphatic carbocycles. The molecular weight excluding hydrogens is 318 g/mol. The number of pyridine rings is 1. The van der Waals surface area contributed by atoms with Gasteiger partial charge in [-0.1, -0.05) is 0 Å². The van der Waals surface area contributed by atoms with E-state index in [1.54, 1.807) is 19.2 Å². The summed E-state index contributed by atoms with van der Waals surface area (Å²) in [6.07, 6.45) is 4.40. The standard InChI is InChI=1S/C11H12BrN3O2S/c1-13-7-9-4-6-15(11(9)12)18(16,17)10-3-2-5-14-8-10/h2-6,8,13H,7H2,1H3. The summed E-state index contributed by atoms with van der Waals surface area (Å²) < 4.78 is 26.4. The predicted molar refractivity (Wildman–Crippen MR) is 71.7 cm³/mol. The van der Waals surface area contributed by atoms with Gasteiger partial charge in [0.15, 0.2) is 0 Å². The molecule has 0 saturated carbocycles. The zero-order valence-corrected chi connectivity index (χ0v) is 12.1. The number of nitrogens with one attached hydrogen (secondary N) is 1. The van der Waals surface area contributed by atoms with Crippen molar-refractivity contribution in [1.29, 1.82) is 0 Å². The van der Waals surface area contributed by atoms with Crippen LogP contribution in [0.3, 0.4) is 0 Å². The molecule has 1 N–H and O–H groups in total. The van der Waals surface area contributed by atoms with Gasteiger partial charge in [-0.25, -0.2) is 12.4 Å². The zero-order chi connectivity index (χ0) is 13.2. The van der Waals surface area contributed by atoms with E-state index >= 15 is 0 Å². The Morgan fingerprint density at radius 2 is 2.22 bits per heavy atom. The molecule has 18 heavy (non-hydrogen) atoms. The number of nitrogens with zero attached hydrogens (tertiary/aromatic N) is 2. The first-order chi connectivity index (χ1) is 8.57. The molecule has 2 rings (SSSR count). The van der Waals surface area contributed by atoms with Gasteiger partial charge >= 0.3 is 0 Å². The van der Waals surface area contributed by atoms with Crippen LogP contribution in [0.25, 0.3) is 0 Å². The van der Waals surface area contributed by atoms with E-state index < -0.39 is 10.0 Å². The normalized spacial score (nSPS) is 11.7. The van der Waals surface area contributed by atoms with E-state index in [-0.39, 0.29) is 4.90 Å². The Morgan fingerprint density at radius 1 is 1.44 bits per heavy atom. The van der Waals surface area contributed by atoms with Gasteiger partial charge in [-0.3, -0.25) is 4.98 Å². The highest BCUT2D eigenvalue weighted by molar-refractivity contribution is 9.10. The van der Waals surface area contributed by atoms with E-state index in [0.717, 1.165) is 5.56 Å². The molecular formula is C11H12BrN3O2S.